The van der Waals surface area contributed by atoms with Crippen LogP contribution in [0.5, 0.6) is 5.75 Å². The third-order valence-electron chi connectivity index (χ3n) is 2.10. The second-order valence-corrected chi connectivity index (χ2v) is 3.21. The molecular formula is C10H10O4. The summed E-state index contributed by atoms with van der Waals surface area (Å²) < 4.78 is 0. The van der Waals surface area contributed by atoms with Gasteiger partial charge in [0.2, 0.25) is 0 Å². The van der Waals surface area contributed by atoms with Gasteiger partial charge in [0.05, 0.1) is 6.42 Å². The van der Waals surface area contributed by atoms with E-state index in [0.29, 0.717) is 12.2 Å². The Hall–Kier alpha value is -1.55. The monoisotopic (exact) mass is 194 g/mol. The summed E-state index contributed by atoms with van der Waals surface area (Å²) in [6.07, 6.45) is 0.166. The van der Waals surface area contributed by atoms with Crippen molar-refractivity contribution in [2.75, 3.05) is 0 Å². The van der Waals surface area contributed by atoms with E-state index < -0.39 is 5.97 Å². The van der Waals surface area contributed by atoms with E-state index >= 15 is 0 Å². The minimum Gasteiger partial charge on any atom is -0.481 e. The zero-order valence-corrected chi connectivity index (χ0v) is 7.47. The molecule has 0 amide bonds. The van der Waals surface area contributed by atoms with Gasteiger partial charge in [-0.3, -0.25) is 4.79 Å². The molecule has 1 aliphatic heterocycles. The molecular weight excluding hydrogens is 184 g/mol. The summed E-state index contributed by atoms with van der Waals surface area (Å²) in [5.41, 5.74) is 0.991. The number of carbonyl (C=O) groups is 1. The lowest BCUT2D eigenvalue weighted by Gasteiger charge is -2.22. The molecule has 0 bridgehead atoms. The fourth-order valence-electron chi connectivity index (χ4n) is 1.45. The fourth-order valence-corrected chi connectivity index (χ4v) is 1.45. The van der Waals surface area contributed by atoms with Crippen LogP contribution in [0.4, 0.5) is 0 Å². The van der Waals surface area contributed by atoms with E-state index in [-0.39, 0.29) is 12.5 Å². The Morgan fingerprint density at radius 1 is 1.50 bits per heavy atom. The molecule has 74 valence electrons. The average Bonchev–Trinajstić information content (AvgIpc) is 2.17. The lowest BCUT2D eigenvalue weighted by molar-refractivity contribution is -0.255. The van der Waals surface area contributed by atoms with Crippen molar-refractivity contribution < 1.29 is 19.7 Å². The van der Waals surface area contributed by atoms with Gasteiger partial charge in [0.15, 0.2) is 5.75 Å². The van der Waals surface area contributed by atoms with Gasteiger partial charge in [0.1, 0.15) is 6.10 Å². The molecule has 1 aliphatic rings. The molecule has 0 saturated carbocycles. The Morgan fingerprint density at radius 3 is 3.07 bits per heavy atom. The van der Waals surface area contributed by atoms with E-state index in [1.54, 1.807) is 6.07 Å². The fraction of sp³-hybridized carbons (Fsp3) is 0.300. The summed E-state index contributed by atoms with van der Waals surface area (Å²) in [4.78, 5) is 20.4. The van der Waals surface area contributed by atoms with E-state index in [0.717, 1.165) is 5.56 Å². The van der Waals surface area contributed by atoms with Gasteiger partial charge in [-0.15, -0.1) is 0 Å². The number of rotatable bonds is 2. The normalized spacial score (nSPS) is 19.6. The van der Waals surface area contributed by atoms with Gasteiger partial charge in [0, 0.05) is 12.0 Å². The first kappa shape index (κ1) is 9.02. The number of hydrogen-bond acceptors (Lipinski definition) is 3. The molecule has 0 saturated heterocycles. The van der Waals surface area contributed by atoms with Crippen LogP contribution in [0, 0.1) is 0 Å². The zero-order valence-electron chi connectivity index (χ0n) is 7.47. The summed E-state index contributed by atoms with van der Waals surface area (Å²) in [6.45, 7) is 0. The van der Waals surface area contributed by atoms with Crippen LogP contribution in [0.15, 0.2) is 24.3 Å². The highest BCUT2D eigenvalue weighted by Crippen LogP contribution is 2.26. The van der Waals surface area contributed by atoms with Crippen molar-refractivity contribution >= 4 is 5.97 Å². The Bertz CT molecular complexity index is 348. The molecule has 2 rings (SSSR count). The molecule has 1 aromatic rings. The van der Waals surface area contributed by atoms with Gasteiger partial charge < -0.3 is 9.99 Å². The van der Waals surface area contributed by atoms with Gasteiger partial charge in [-0.1, -0.05) is 18.2 Å². The minimum absolute atomic E-state index is 0.0334. The number of hydrogen-bond donors (Lipinski definition) is 1. The van der Waals surface area contributed by atoms with E-state index in [2.05, 4.69) is 0 Å². The van der Waals surface area contributed by atoms with Gasteiger partial charge in [-0.2, -0.15) is 4.89 Å². The molecule has 0 fully saturated rings. The molecule has 1 aromatic carbocycles. The predicted octanol–water partition coefficient (Wildman–Crippen LogP) is 1.40. The van der Waals surface area contributed by atoms with Crippen LogP contribution in [0.25, 0.3) is 0 Å². The average molecular weight is 194 g/mol. The zero-order chi connectivity index (χ0) is 9.97. The highest BCUT2D eigenvalue weighted by molar-refractivity contribution is 5.67. The van der Waals surface area contributed by atoms with Gasteiger partial charge >= 0.3 is 5.97 Å². The van der Waals surface area contributed by atoms with Crippen molar-refractivity contribution in [3.63, 3.8) is 0 Å². The van der Waals surface area contributed by atoms with Crippen LogP contribution in [0.1, 0.15) is 12.0 Å². The molecule has 14 heavy (non-hydrogen) atoms. The highest BCUT2D eigenvalue weighted by atomic mass is 17.2. The van der Waals surface area contributed by atoms with Gasteiger partial charge in [0.25, 0.3) is 0 Å². The van der Waals surface area contributed by atoms with Gasteiger partial charge in [-0.25, -0.2) is 0 Å². The van der Waals surface area contributed by atoms with Crippen LogP contribution < -0.4 is 4.89 Å². The topological polar surface area (TPSA) is 55.8 Å². The maximum Gasteiger partial charge on any atom is 0.306 e. The standard InChI is InChI=1S/C10H10O4/c11-10(12)6-8-5-7-3-1-2-4-9(7)14-13-8/h1-4,8H,5-6H2,(H,11,12). The lowest BCUT2D eigenvalue weighted by Crippen LogP contribution is -2.26. The lowest BCUT2D eigenvalue weighted by atomic mass is 10.0. The molecule has 0 radical (unpaired) electrons. The third-order valence-corrected chi connectivity index (χ3v) is 2.10. The van der Waals surface area contributed by atoms with Crippen molar-refractivity contribution in [3.8, 4) is 5.75 Å². The number of carboxylic acid groups (broad SMARTS) is 1. The quantitative estimate of drug-likeness (QED) is 0.723. The van der Waals surface area contributed by atoms with Crippen LogP contribution >= 0.6 is 0 Å². The maximum atomic E-state index is 10.4. The first-order chi connectivity index (χ1) is 6.75. The molecule has 4 heteroatoms. The summed E-state index contributed by atoms with van der Waals surface area (Å²) >= 11 is 0. The minimum atomic E-state index is -0.877. The van der Waals surface area contributed by atoms with Crippen molar-refractivity contribution in [1.82, 2.24) is 0 Å². The van der Waals surface area contributed by atoms with Crippen LogP contribution in [0.3, 0.4) is 0 Å². The Labute approximate surface area is 81.0 Å². The molecule has 1 atom stereocenters. The largest absolute Gasteiger partial charge is 0.481 e. The van der Waals surface area contributed by atoms with Crippen LogP contribution in [-0.2, 0) is 16.1 Å². The second-order valence-electron chi connectivity index (χ2n) is 3.21. The molecule has 0 aromatic heterocycles. The smallest absolute Gasteiger partial charge is 0.306 e. The van der Waals surface area contributed by atoms with E-state index in [1.807, 2.05) is 18.2 Å². The summed E-state index contributed by atoms with van der Waals surface area (Å²) in [7, 11) is 0. The molecule has 1 heterocycles. The molecule has 1 unspecified atom stereocenters. The van der Waals surface area contributed by atoms with E-state index in [9.17, 15) is 4.79 Å². The molecule has 4 nitrogen and oxygen atoms in total. The predicted molar refractivity (Wildman–Crippen MR) is 47.9 cm³/mol. The van der Waals surface area contributed by atoms with E-state index in [4.69, 9.17) is 14.9 Å². The summed E-state index contributed by atoms with van der Waals surface area (Å²) in [5, 5.41) is 8.58. The second kappa shape index (κ2) is 3.67. The van der Waals surface area contributed by atoms with Crippen molar-refractivity contribution in [2.45, 2.75) is 18.9 Å². The number of aliphatic carboxylic acids is 1. The van der Waals surface area contributed by atoms with E-state index in [1.165, 1.54) is 0 Å². The van der Waals surface area contributed by atoms with Crippen molar-refractivity contribution in [2.24, 2.45) is 0 Å². The first-order valence-electron chi connectivity index (χ1n) is 4.39. The molecule has 0 aliphatic carbocycles. The SMILES string of the molecule is O=C(O)CC1Cc2ccccc2OO1. The molecule has 0 spiro atoms. The maximum absolute atomic E-state index is 10.4. The summed E-state index contributed by atoms with van der Waals surface area (Å²) in [6, 6.07) is 7.45. The number of carboxylic acids is 1. The summed E-state index contributed by atoms with van der Waals surface area (Å²) in [5.74, 6) is -0.202. The molecule has 1 N–H and O–H groups in total. The highest BCUT2D eigenvalue weighted by Gasteiger charge is 2.23. The number of fused-ring (bicyclic) bond motifs is 1. The van der Waals surface area contributed by atoms with Gasteiger partial charge in [-0.05, 0) is 6.07 Å². The van der Waals surface area contributed by atoms with Crippen LogP contribution in [-0.4, -0.2) is 17.2 Å². The number of benzene rings is 1. The van der Waals surface area contributed by atoms with Crippen molar-refractivity contribution in [3.05, 3.63) is 29.8 Å². The first-order valence-corrected chi connectivity index (χ1v) is 4.39. The Balaban J connectivity index is 2.09. The third kappa shape index (κ3) is 1.85. The Kier molecular flexibility index (Phi) is 2.37. The Morgan fingerprint density at radius 2 is 2.29 bits per heavy atom. The van der Waals surface area contributed by atoms with Crippen molar-refractivity contribution in [1.29, 1.82) is 0 Å². The number of para-hydroxylation sites is 1. The van der Waals surface area contributed by atoms with Crippen LogP contribution in [0.2, 0.25) is 0 Å².